The highest BCUT2D eigenvalue weighted by molar-refractivity contribution is 9.10. The lowest BCUT2D eigenvalue weighted by molar-refractivity contribution is 0.414. The van der Waals surface area contributed by atoms with Crippen LogP contribution in [0.2, 0.25) is 4.34 Å². The monoisotopic (exact) mass is 331 g/mol. The summed E-state index contributed by atoms with van der Waals surface area (Å²) in [6.45, 7) is 0. The normalized spacial score (nSPS) is 12.5. The highest BCUT2D eigenvalue weighted by atomic mass is 79.9. The SMILES string of the molecule is COc1ccc(C(N)c2cc(Br)c(Cl)s2)cc1. The van der Waals surface area contributed by atoms with E-state index in [0.717, 1.165) is 25.0 Å². The zero-order chi connectivity index (χ0) is 12.4. The van der Waals surface area contributed by atoms with Gasteiger partial charge in [0, 0.05) is 9.35 Å². The number of hydrogen-bond acceptors (Lipinski definition) is 3. The quantitative estimate of drug-likeness (QED) is 0.913. The third-order valence-electron chi connectivity index (χ3n) is 2.45. The fourth-order valence-corrected chi connectivity index (χ4v) is 3.26. The van der Waals surface area contributed by atoms with Crippen molar-refractivity contribution in [3.05, 3.63) is 49.6 Å². The maximum atomic E-state index is 6.18. The van der Waals surface area contributed by atoms with Gasteiger partial charge < -0.3 is 10.5 Å². The Balaban J connectivity index is 2.26. The molecule has 1 aromatic heterocycles. The molecule has 2 nitrogen and oxygen atoms in total. The maximum absolute atomic E-state index is 6.18. The Morgan fingerprint density at radius 1 is 1.35 bits per heavy atom. The fraction of sp³-hybridized carbons (Fsp3) is 0.167. The zero-order valence-electron chi connectivity index (χ0n) is 9.11. The third-order valence-corrected chi connectivity index (χ3v) is 5.00. The molecule has 1 heterocycles. The molecule has 17 heavy (non-hydrogen) atoms. The molecule has 0 amide bonds. The number of benzene rings is 1. The predicted octanol–water partition coefficient (Wildman–Crippen LogP) is 4.22. The first-order valence-electron chi connectivity index (χ1n) is 4.96. The lowest BCUT2D eigenvalue weighted by atomic mass is 10.1. The van der Waals surface area contributed by atoms with Gasteiger partial charge in [-0.25, -0.2) is 0 Å². The Hall–Kier alpha value is -0.550. The smallest absolute Gasteiger partial charge is 0.118 e. The number of methoxy groups -OCH3 is 1. The molecule has 0 aliphatic heterocycles. The minimum Gasteiger partial charge on any atom is -0.497 e. The van der Waals surface area contributed by atoms with E-state index in [2.05, 4.69) is 15.9 Å². The van der Waals surface area contributed by atoms with Crippen LogP contribution in [0.1, 0.15) is 16.5 Å². The van der Waals surface area contributed by atoms with Crippen LogP contribution in [0.15, 0.2) is 34.8 Å². The molecule has 2 aromatic rings. The first-order valence-corrected chi connectivity index (χ1v) is 6.95. The van der Waals surface area contributed by atoms with Gasteiger partial charge in [0.25, 0.3) is 0 Å². The Kier molecular flexibility index (Phi) is 4.09. The molecule has 0 fully saturated rings. The number of hydrogen-bond donors (Lipinski definition) is 1. The Morgan fingerprint density at radius 3 is 2.47 bits per heavy atom. The van der Waals surface area contributed by atoms with Gasteiger partial charge >= 0.3 is 0 Å². The molecule has 0 aliphatic carbocycles. The molecule has 0 bridgehead atoms. The van der Waals surface area contributed by atoms with E-state index in [9.17, 15) is 0 Å². The van der Waals surface area contributed by atoms with Gasteiger partial charge in [-0.2, -0.15) is 0 Å². The van der Waals surface area contributed by atoms with Crippen molar-refractivity contribution >= 4 is 38.9 Å². The second-order valence-electron chi connectivity index (χ2n) is 3.52. The van der Waals surface area contributed by atoms with Crippen LogP contribution < -0.4 is 10.5 Å². The molecule has 0 saturated carbocycles. The van der Waals surface area contributed by atoms with Gasteiger partial charge in [-0.15, -0.1) is 11.3 Å². The molecular weight excluding hydrogens is 322 g/mol. The van der Waals surface area contributed by atoms with Crippen molar-refractivity contribution in [2.45, 2.75) is 6.04 Å². The highest BCUT2D eigenvalue weighted by Crippen LogP contribution is 2.36. The molecule has 90 valence electrons. The summed E-state index contributed by atoms with van der Waals surface area (Å²) in [6, 6.07) is 9.53. The maximum Gasteiger partial charge on any atom is 0.118 e. The average molecular weight is 333 g/mol. The van der Waals surface area contributed by atoms with E-state index >= 15 is 0 Å². The molecule has 1 unspecified atom stereocenters. The summed E-state index contributed by atoms with van der Waals surface area (Å²) in [4.78, 5) is 1.03. The van der Waals surface area contributed by atoms with Gasteiger partial charge in [-0.1, -0.05) is 23.7 Å². The second-order valence-corrected chi connectivity index (χ2v) is 6.06. The van der Waals surface area contributed by atoms with Crippen LogP contribution in [0.3, 0.4) is 0 Å². The molecule has 0 radical (unpaired) electrons. The summed E-state index contributed by atoms with van der Waals surface area (Å²) in [6.07, 6.45) is 0. The van der Waals surface area contributed by atoms with E-state index in [1.165, 1.54) is 11.3 Å². The molecule has 0 saturated heterocycles. The van der Waals surface area contributed by atoms with Crippen molar-refractivity contribution in [1.29, 1.82) is 0 Å². The lowest BCUT2D eigenvalue weighted by Crippen LogP contribution is -2.09. The van der Waals surface area contributed by atoms with Crippen molar-refractivity contribution in [3.8, 4) is 5.75 Å². The van der Waals surface area contributed by atoms with Crippen molar-refractivity contribution in [1.82, 2.24) is 0 Å². The number of ether oxygens (including phenoxy) is 1. The minimum atomic E-state index is -0.158. The highest BCUT2D eigenvalue weighted by Gasteiger charge is 2.13. The summed E-state index contributed by atoms with van der Waals surface area (Å²) in [5, 5.41) is 0. The Morgan fingerprint density at radius 2 is 2.00 bits per heavy atom. The van der Waals surface area contributed by atoms with Crippen LogP contribution in [0.4, 0.5) is 0 Å². The van der Waals surface area contributed by atoms with Gasteiger partial charge in [0.2, 0.25) is 0 Å². The molecular formula is C12H11BrClNOS. The molecule has 5 heteroatoms. The Bertz CT molecular complexity index is 492. The molecule has 2 rings (SSSR count). The standard InChI is InChI=1S/C12H11BrClNOS/c1-16-8-4-2-7(3-5-8)11(15)10-6-9(13)12(14)17-10/h2-6,11H,15H2,1H3. The molecule has 0 spiro atoms. The number of halogens is 2. The third kappa shape index (κ3) is 2.83. The van der Waals surface area contributed by atoms with Crippen LogP contribution in [0.25, 0.3) is 0 Å². The number of thiophene rings is 1. The first kappa shape index (κ1) is 12.9. The number of nitrogens with two attached hydrogens (primary N) is 1. The second kappa shape index (κ2) is 5.40. The summed E-state index contributed by atoms with van der Waals surface area (Å²) in [5.41, 5.74) is 7.22. The molecule has 0 aliphatic rings. The van der Waals surface area contributed by atoms with E-state index in [1.54, 1.807) is 7.11 Å². The summed E-state index contributed by atoms with van der Waals surface area (Å²) in [7, 11) is 1.64. The van der Waals surface area contributed by atoms with E-state index in [4.69, 9.17) is 22.1 Å². The van der Waals surface area contributed by atoms with Crippen molar-refractivity contribution in [3.63, 3.8) is 0 Å². The van der Waals surface area contributed by atoms with E-state index in [1.807, 2.05) is 30.3 Å². The average Bonchev–Trinajstić information content (AvgIpc) is 2.69. The van der Waals surface area contributed by atoms with Crippen molar-refractivity contribution < 1.29 is 4.74 Å². The largest absolute Gasteiger partial charge is 0.497 e. The van der Waals surface area contributed by atoms with Gasteiger partial charge in [-0.05, 0) is 39.7 Å². The Labute approximate surface area is 117 Å². The summed E-state index contributed by atoms with van der Waals surface area (Å²) in [5.74, 6) is 0.825. The zero-order valence-corrected chi connectivity index (χ0v) is 12.3. The van der Waals surface area contributed by atoms with Crippen LogP contribution in [-0.4, -0.2) is 7.11 Å². The van der Waals surface area contributed by atoms with Crippen LogP contribution in [0.5, 0.6) is 5.75 Å². The minimum absolute atomic E-state index is 0.158. The van der Waals surface area contributed by atoms with E-state index in [0.29, 0.717) is 0 Å². The molecule has 1 atom stereocenters. The van der Waals surface area contributed by atoms with E-state index < -0.39 is 0 Å². The van der Waals surface area contributed by atoms with Gasteiger partial charge in [0.15, 0.2) is 0 Å². The van der Waals surface area contributed by atoms with Crippen molar-refractivity contribution in [2.75, 3.05) is 7.11 Å². The summed E-state index contributed by atoms with van der Waals surface area (Å²) >= 11 is 10.9. The van der Waals surface area contributed by atoms with E-state index in [-0.39, 0.29) is 6.04 Å². The summed E-state index contributed by atoms with van der Waals surface area (Å²) < 4.78 is 6.73. The van der Waals surface area contributed by atoms with Crippen LogP contribution in [0, 0.1) is 0 Å². The van der Waals surface area contributed by atoms with Gasteiger partial charge in [0.1, 0.15) is 10.1 Å². The van der Waals surface area contributed by atoms with Crippen LogP contribution >= 0.6 is 38.9 Å². The van der Waals surface area contributed by atoms with Gasteiger partial charge in [-0.3, -0.25) is 0 Å². The lowest BCUT2D eigenvalue weighted by Gasteiger charge is -2.10. The van der Waals surface area contributed by atoms with Crippen LogP contribution in [-0.2, 0) is 0 Å². The molecule has 1 aromatic carbocycles. The molecule has 2 N–H and O–H groups in total. The van der Waals surface area contributed by atoms with Gasteiger partial charge in [0.05, 0.1) is 13.2 Å². The fourth-order valence-electron chi connectivity index (χ4n) is 1.49. The topological polar surface area (TPSA) is 35.2 Å². The van der Waals surface area contributed by atoms with Crippen molar-refractivity contribution in [2.24, 2.45) is 5.73 Å². The number of rotatable bonds is 3. The predicted molar refractivity (Wildman–Crippen MR) is 76.1 cm³/mol. The first-order chi connectivity index (χ1) is 8.11.